The first-order chi connectivity index (χ1) is 2.00. The molecule has 0 atom stereocenters. The van der Waals surface area contributed by atoms with E-state index >= 15 is 0 Å². The third-order valence-corrected chi connectivity index (χ3v) is 0. The Morgan fingerprint density at radius 3 is 1.14 bits per heavy atom. The third kappa shape index (κ3) is 293. The summed E-state index contributed by atoms with van der Waals surface area (Å²) in [5.74, 6) is 0. The molecule has 0 radical (unpaired) electrons. The molecular formula is H5NO4SZr. The van der Waals surface area contributed by atoms with Gasteiger partial charge in [0, 0.05) is 26.2 Å². The topological polar surface area (TPSA) is 110 Å². The van der Waals surface area contributed by atoms with Gasteiger partial charge in [0.05, 0.1) is 0 Å². The molecule has 0 saturated carbocycles. The Bertz CT molecular complexity index is 94.9. The molecule has 0 unspecified atom stereocenters. The predicted octanol–water partition coefficient (Wildman–Crippen LogP) is -0.493. The van der Waals surface area contributed by atoms with Gasteiger partial charge in [-0.3, -0.25) is 9.11 Å². The van der Waals surface area contributed by atoms with Crippen molar-refractivity contribution >= 4 is 10.4 Å². The fourth-order valence-electron chi connectivity index (χ4n) is 0. The first-order valence-corrected chi connectivity index (χ1v) is 2.10. The van der Waals surface area contributed by atoms with E-state index < -0.39 is 10.4 Å². The maximum Gasteiger partial charge on any atom is 0.394 e. The normalized spacial score (nSPS) is 8.29. The van der Waals surface area contributed by atoms with Crippen molar-refractivity contribution in [2.45, 2.75) is 0 Å². The van der Waals surface area contributed by atoms with Gasteiger partial charge < -0.3 is 6.15 Å². The summed E-state index contributed by atoms with van der Waals surface area (Å²) >= 11 is 0. The van der Waals surface area contributed by atoms with Crippen molar-refractivity contribution in [2.75, 3.05) is 0 Å². The monoisotopic (exact) mass is 205 g/mol. The van der Waals surface area contributed by atoms with Crippen LogP contribution in [-0.2, 0) is 36.6 Å². The van der Waals surface area contributed by atoms with Gasteiger partial charge in [-0.15, -0.1) is 0 Å². The second kappa shape index (κ2) is 4.86. The molecule has 44 valence electrons. The minimum atomic E-state index is -4.67. The summed E-state index contributed by atoms with van der Waals surface area (Å²) in [5, 5.41) is 0. The van der Waals surface area contributed by atoms with Gasteiger partial charge in [-0.25, -0.2) is 0 Å². The molecule has 0 amide bonds. The molecule has 0 aliphatic carbocycles. The van der Waals surface area contributed by atoms with Crippen molar-refractivity contribution in [3.05, 3.63) is 0 Å². The zero-order chi connectivity index (χ0) is 4.50. The zero-order valence-corrected chi connectivity index (χ0v) is 6.60. The molecular weight excluding hydrogens is 201 g/mol. The van der Waals surface area contributed by atoms with E-state index in [1.54, 1.807) is 0 Å². The largest absolute Gasteiger partial charge is 0.394 e. The molecule has 0 rings (SSSR count). The van der Waals surface area contributed by atoms with Crippen LogP contribution < -0.4 is 6.15 Å². The average molecular weight is 206 g/mol. The minimum absolute atomic E-state index is 0. The summed E-state index contributed by atoms with van der Waals surface area (Å²) < 4.78 is 31.6. The molecule has 5 N–H and O–H groups in total. The summed E-state index contributed by atoms with van der Waals surface area (Å²) in [6, 6.07) is 0. The smallest absolute Gasteiger partial charge is 0.344 e. The van der Waals surface area contributed by atoms with E-state index in [4.69, 9.17) is 17.5 Å². The number of hydrogen-bond donors (Lipinski definition) is 3. The van der Waals surface area contributed by atoms with Crippen LogP contribution in [0.5, 0.6) is 0 Å². The molecule has 7 heavy (non-hydrogen) atoms. The van der Waals surface area contributed by atoms with E-state index in [0.717, 1.165) is 0 Å². The van der Waals surface area contributed by atoms with Gasteiger partial charge in [0.25, 0.3) is 0 Å². The van der Waals surface area contributed by atoms with Crippen LogP contribution in [0.4, 0.5) is 0 Å². The van der Waals surface area contributed by atoms with Gasteiger partial charge in [-0.2, -0.15) is 8.42 Å². The van der Waals surface area contributed by atoms with Crippen molar-refractivity contribution in [1.29, 1.82) is 0 Å². The summed E-state index contributed by atoms with van der Waals surface area (Å²) in [7, 11) is -4.67. The van der Waals surface area contributed by atoms with Gasteiger partial charge >= 0.3 is 10.4 Å². The average Bonchev–Trinajstić information content (AvgIpc) is 0.722. The van der Waals surface area contributed by atoms with E-state index in [0.29, 0.717) is 0 Å². The van der Waals surface area contributed by atoms with Crippen molar-refractivity contribution in [2.24, 2.45) is 0 Å². The Hall–Kier alpha value is 0.713. The summed E-state index contributed by atoms with van der Waals surface area (Å²) in [6.45, 7) is 0. The van der Waals surface area contributed by atoms with Gasteiger partial charge in [0.1, 0.15) is 0 Å². The number of hydrogen-bond acceptors (Lipinski definition) is 3. The van der Waals surface area contributed by atoms with Crippen molar-refractivity contribution in [3.63, 3.8) is 0 Å². The number of rotatable bonds is 0. The SMILES string of the molecule is N.O=S(=O)(O)O.[Zr]. The summed E-state index contributed by atoms with van der Waals surface area (Å²) in [4.78, 5) is 0. The molecule has 0 aromatic carbocycles. The van der Waals surface area contributed by atoms with Crippen molar-refractivity contribution in [3.8, 4) is 0 Å². The fraction of sp³-hybridized carbons (Fsp3) is 0. The standard InChI is InChI=1S/H3N.H2O4S.Zr/c;1-5(2,3)4;/h1H3;(H2,1,2,3,4);. The first-order valence-electron chi connectivity index (χ1n) is 0.698. The van der Waals surface area contributed by atoms with Crippen LogP contribution in [0, 0.1) is 0 Å². The van der Waals surface area contributed by atoms with E-state index in [1.807, 2.05) is 0 Å². The molecule has 7 heteroatoms. The van der Waals surface area contributed by atoms with Crippen LogP contribution in [0.1, 0.15) is 0 Å². The van der Waals surface area contributed by atoms with Crippen LogP contribution in [0.25, 0.3) is 0 Å². The third-order valence-electron chi connectivity index (χ3n) is 0. The molecule has 5 nitrogen and oxygen atoms in total. The molecule has 0 bridgehead atoms. The van der Waals surface area contributed by atoms with Gasteiger partial charge in [0.2, 0.25) is 0 Å². The van der Waals surface area contributed by atoms with E-state index in [2.05, 4.69) is 0 Å². The van der Waals surface area contributed by atoms with Crippen LogP contribution in [0.3, 0.4) is 0 Å². The Morgan fingerprint density at radius 2 is 1.14 bits per heavy atom. The first kappa shape index (κ1) is 15.6. The molecule has 0 saturated heterocycles. The molecule has 0 spiro atoms. The second-order valence-corrected chi connectivity index (χ2v) is 1.34. The van der Waals surface area contributed by atoms with Crippen molar-refractivity contribution in [1.82, 2.24) is 6.15 Å². The van der Waals surface area contributed by atoms with Crippen molar-refractivity contribution < 1.29 is 43.7 Å². The van der Waals surface area contributed by atoms with Crippen LogP contribution in [-0.4, -0.2) is 17.5 Å². The van der Waals surface area contributed by atoms with E-state index in [1.165, 1.54) is 0 Å². The Morgan fingerprint density at radius 1 is 1.14 bits per heavy atom. The van der Waals surface area contributed by atoms with Crippen LogP contribution in [0.2, 0.25) is 0 Å². The van der Waals surface area contributed by atoms with E-state index in [9.17, 15) is 0 Å². The van der Waals surface area contributed by atoms with Gasteiger partial charge in [0.15, 0.2) is 0 Å². The molecule has 0 aliphatic rings. The van der Waals surface area contributed by atoms with Crippen LogP contribution in [0.15, 0.2) is 0 Å². The molecule has 0 heterocycles. The Kier molecular flexibility index (Phi) is 10.9. The summed E-state index contributed by atoms with van der Waals surface area (Å²) in [5.41, 5.74) is 0. The fourth-order valence-corrected chi connectivity index (χ4v) is 0. The second-order valence-electron chi connectivity index (χ2n) is 0.448. The molecule has 0 fully saturated rings. The van der Waals surface area contributed by atoms with Crippen LogP contribution >= 0.6 is 0 Å². The maximum absolute atomic E-state index is 8.74. The van der Waals surface area contributed by atoms with Gasteiger partial charge in [-0.05, 0) is 0 Å². The molecule has 0 aromatic rings. The Balaban J connectivity index is -0.0000000800. The zero-order valence-electron chi connectivity index (χ0n) is 3.33. The summed E-state index contributed by atoms with van der Waals surface area (Å²) in [6.07, 6.45) is 0. The predicted molar refractivity (Wildman–Crippen MR) is 19.2 cm³/mol. The minimum Gasteiger partial charge on any atom is -0.344 e. The Labute approximate surface area is 60.4 Å². The molecule has 0 aliphatic heterocycles. The molecule has 0 aromatic heterocycles. The van der Waals surface area contributed by atoms with E-state index in [-0.39, 0.29) is 32.4 Å². The maximum atomic E-state index is 8.74. The van der Waals surface area contributed by atoms with Gasteiger partial charge in [-0.1, -0.05) is 0 Å². The quantitative estimate of drug-likeness (QED) is 0.463.